The molecule has 0 amide bonds. The van der Waals surface area contributed by atoms with E-state index in [1.54, 1.807) is 30.5 Å². The molecule has 0 spiro atoms. The summed E-state index contributed by atoms with van der Waals surface area (Å²) < 4.78 is 33.1. The molecule has 0 bridgehead atoms. The van der Waals surface area contributed by atoms with Crippen molar-refractivity contribution in [2.45, 2.75) is 4.90 Å². The maximum atomic E-state index is 12.7. The molecule has 4 rings (SSSR count). The molecule has 1 aromatic heterocycles. The molecule has 0 aliphatic heterocycles. The van der Waals surface area contributed by atoms with Crippen molar-refractivity contribution in [3.63, 3.8) is 0 Å². The minimum atomic E-state index is -3.80. The summed E-state index contributed by atoms with van der Waals surface area (Å²) in [5, 5.41) is 2.88. The Morgan fingerprint density at radius 3 is 2.56 bits per heavy atom. The number of halogens is 1. The van der Waals surface area contributed by atoms with Crippen molar-refractivity contribution in [2.24, 2.45) is 4.99 Å². The molecule has 0 unspecified atom stereocenters. The van der Waals surface area contributed by atoms with E-state index in [4.69, 9.17) is 16.3 Å². The van der Waals surface area contributed by atoms with Crippen molar-refractivity contribution < 1.29 is 13.2 Å². The Bertz CT molecular complexity index is 1430. The SMILES string of the molecule is COc1cc(S(=O)(=O)Nc2ccc(-c3csc(/N=C/C=C/c4ccccc4)n3)cc2)ccc1Cl. The largest absolute Gasteiger partial charge is 0.495 e. The Morgan fingerprint density at radius 2 is 1.82 bits per heavy atom. The molecular formula is C25H20ClN3O3S2. The lowest BCUT2D eigenvalue weighted by Crippen LogP contribution is -2.13. The van der Waals surface area contributed by atoms with Crippen molar-refractivity contribution in [1.29, 1.82) is 0 Å². The highest BCUT2D eigenvalue weighted by atomic mass is 35.5. The summed E-state index contributed by atoms with van der Waals surface area (Å²) in [5.41, 5.74) is 3.14. The highest BCUT2D eigenvalue weighted by Gasteiger charge is 2.16. The summed E-state index contributed by atoms with van der Waals surface area (Å²) in [6.45, 7) is 0. The lowest BCUT2D eigenvalue weighted by molar-refractivity contribution is 0.413. The van der Waals surface area contributed by atoms with Crippen molar-refractivity contribution in [2.75, 3.05) is 11.8 Å². The molecule has 0 atom stereocenters. The van der Waals surface area contributed by atoms with Gasteiger partial charge in [0, 0.05) is 28.9 Å². The van der Waals surface area contributed by atoms with Gasteiger partial charge in [0.15, 0.2) is 0 Å². The van der Waals surface area contributed by atoms with Crippen LogP contribution in [0.25, 0.3) is 17.3 Å². The van der Waals surface area contributed by atoms with Gasteiger partial charge in [0.25, 0.3) is 10.0 Å². The molecule has 1 heterocycles. The van der Waals surface area contributed by atoms with Gasteiger partial charge in [0.2, 0.25) is 5.13 Å². The van der Waals surface area contributed by atoms with Crippen LogP contribution in [0.15, 0.2) is 94.1 Å². The van der Waals surface area contributed by atoms with Crippen LogP contribution in [-0.2, 0) is 10.0 Å². The third kappa shape index (κ3) is 5.91. The predicted molar refractivity (Wildman–Crippen MR) is 140 cm³/mol. The number of benzene rings is 3. The number of hydrogen-bond donors (Lipinski definition) is 1. The first-order chi connectivity index (χ1) is 16.4. The zero-order valence-corrected chi connectivity index (χ0v) is 20.4. The van der Waals surface area contributed by atoms with Gasteiger partial charge in [-0.05, 0) is 35.9 Å². The number of nitrogens with zero attached hydrogens (tertiary/aromatic N) is 2. The maximum Gasteiger partial charge on any atom is 0.262 e. The fourth-order valence-corrected chi connectivity index (χ4v) is 4.96. The van der Waals surface area contributed by atoms with Gasteiger partial charge in [-0.3, -0.25) is 4.72 Å². The number of methoxy groups -OCH3 is 1. The van der Waals surface area contributed by atoms with Gasteiger partial charge >= 0.3 is 0 Å². The number of anilines is 1. The minimum Gasteiger partial charge on any atom is -0.495 e. The standard InChI is InChI=1S/C25H20ClN3O3S2/c1-32-24-16-21(13-14-22(24)26)34(30,31)29-20-11-9-19(10-12-20)23-17-33-25(28-23)27-15-5-8-18-6-3-2-4-7-18/h2-17,29H,1H3/b8-5+,27-15+. The number of sulfonamides is 1. The first-order valence-corrected chi connectivity index (χ1v) is 12.9. The van der Waals surface area contributed by atoms with E-state index in [0.717, 1.165) is 16.8 Å². The lowest BCUT2D eigenvalue weighted by atomic mass is 10.1. The van der Waals surface area contributed by atoms with E-state index in [-0.39, 0.29) is 10.6 Å². The van der Waals surface area contributed by atoms with Crippen LogP contribution in [-0.4, -0.2) is 26.7 Å². The Balaban J connectivity index is 1.42. The van der Waals surface area contributed by atoms with E-state index in [9.17, 15) is 8.42 Å². The Kier molecular flexibility index (Phi) is 7.42. The number of nitrogens with one attached hydrogen (secondary N) is 1. The maximum absolute atomic E-state index is 12.7. The van der Waals surface area contributed by atoms with Crippen LogP contribution in [0, 0.1) is 0 Å². The smallest absolute Gasteiger partial charge is 0.262 e. The third-order valence-corrected chi connectivity index (χ3v) is 7.16. The highest BCUT2D eigenvalue weighted by Crippen LogP contribution is 2.30. The Labute approximate surface area is 207 Å². The van der Waals surface area contributed by atoms with E-state index in [1.165, 1.54) is 36.6 Å². The zero-order chi connectivity index (χ0) is 24.0. The molecule has 4 aromatic rings. The molecule has 9 heteroatoms. The quantitative estimate of drug-likeness (QED) is 0.268. The normalized spacial score (nSPS) is 11.8. The number of rotatable bonds is 8. The van der Waals surface area contributed by atoms with E-state index in [2.05, 4.69) is 14.7 Å². The van der Waals surface area contributed by atoms with E-state index < -0.39 is 10.0 Å². The van der Waals surface area contributed by atoms with Gasteiger partial charge < -0.3 is 4.74 Å². The van der Waals surface area contributed by atoms with Crippen molar-refractivity contribution in [1.82, 2.24) is 4.98 Å². The van der Waals surface area contributed by atoms with Crippen LogP contribution < -0.4 is 9.46 Å². The molecule has 34 heavy (non-hydrogen) atoms. The van der Waals surface area contributed by atoms with Gasteiger partial charge in [-0.15, -0.1) is 11.3 Å². The van der Waals surface area contributed by atoms with Crippen molar-refractivity contribution in [3.05, 3.63) is 94.8 Å². The molecule has 0 saturated carbocycles. The fraction of sp³-hybridized carbons (Fsp3) is 0.0400. The molecule has 6 nitrogen and oxygen atoms in total. The summed E-state index contributed by atoms with van der Waals surface area (Å²) >= 11 is 7.42. The number of allylic oxidation sites excluding steroid dienone is 1. The number of thiazole rings is 1. The molecule has 0 saturated heterocycles. The molecule has 0 aliphatic carbocycles. The molecule has 0 fully saturated rings. The number of ether oxygens (including phenoxy) is 1. The summed E-state index contributed by atoms with van der Waals surface area (Å²) in [4.78, 5) is 8.95. The van der Waals surface area contributed by atoms with Crippen molar-refractivity contribution >= 4 is 56.1 Å². The topological polar surface area (TPSA) is 80.7 Å². The average molecular weight is 510 g/mol. The van der Waals surface area contributed by atoms with Crippen LogP contribution in [0.2, 0.25) is 5.02 Å². The number of hydrogen-bond acceptors (Lipinski definition) is 6. The fourth-order valence-electron chi connectivity index (χ4n) is 3.01. The van der Waals surface area contributed by atoms with Gasteiger partial charge in [-0.25, -0.2) is 18.4 Å². The monoisotopic (exact) mass is 509 g/mol. The van der Waals surface area contributed by atoms with Crippen LogP contribution in [0.5, 0.6) is 5.75 Å². The molecule has 3 aromatic carbocycles. The summed E-state index contributed by atoms with van der Waals surface area (Å²) in [6.07, 6.45) is 5.55. The molecule has 172 valence electrons. The minimum absolute atomic E-state index is 0.0566. The second-order valence-electron chi connectivity index (χ2n) is 7.04. The van der Waals surface area contributed by atoms with Crippen LogP contribution in [0.1, 0.15) is 5.56 Å². The first-order valence-electron chi connectivity index (χ1n) is 10.1. The van der Waals surface area contributed by atoms with Crippen LogP contribution in [0.4, 0.5) is 10.8 Å². The second kappa shape index (κ2) is 10.6. The lowest BCUT2D eigenvalue weighted by Gasteiger charge is -2.10. The zero-order valence-electron chi connectivity index (χ0n) is 18.1. The van der Waals surface area contributed by atoms with Gasteiger partial charge in [0.1, 0.15) is 5.75 Å². The number of aromatic nitrogens is 1. The Morgan fingerprint density at radius 1 is 1.06 bits per heavy atom. The predicted octanol–water partition coefficient (Wildman–Crippen LogP) is 6.69. The molecule has 0 aliphatic rings. The molecule has 1 N–H and O–H groups in total. The van der Waals surface area contributed by atoms with E-state index >= 15 is 0 Å². The van der Waals surface area contributed by atoms with Gasteiger partial charge in [-0.2, -0.15) is 0 Å². The third-order valence-electron chi connectivity index (χ3n) is 4.72. The summed E-state index contributed by atoms with van der Waals surface area (Å²) in [6, 6.07) is 21.2. The van der Waals surface area contributed by atoms with Crippen LogP contribution >= 0.6 is 22.9 Å². The van der Waals surface area contributed by atoms with Crippen molar-refractivity contribution in [3.8, 4) is 17.0 Å². The van der Waals surface area contributed by atoms with E-state index in [0.29, 0.717) is 15.8 Å². The molecule has 0 radical (unpaired) electrons. The van der Waals surface area contributed by atoms with Crippen LogP contribution in [0.3, 0.4) is 0 Å². The highest BCUT2D eigenvalue weighted by molar-refractivity contribution is 7.92. The second-order valence-corrected chi connectivity index (χ2v) is 9.97. The van der Waals surface area contributed by atoms with E-state index in [1.807, 2.05) is 47.9 Å². The Hall–Kier alpha value is -3.46. The van der Waals surface area contributed by atoms with Gasteiger partial charge in [-0.1, -0.05) is 60.1 Å². The first kappa shape index (κ1) is 23.7. The average Bonchev–Trinajstić information content (AvgIpc) is 3.32. The summed E-state index contributed by atoms with van der Waals surface area (Å²) in [7, 11) is -2.37. The van der Waals surface area contributed by atoms with Gasteiger partial charge in [0.05, 0.1) is 22.7 Å². The number of aliphatic imine (C=N–C) groups is 1. The summed E-state index contributed by atoms with van der Waals surface area (Å²) in [5.74, 6) is 0.289. The molecular weight excluding hydrogens is 490 g/mol.